The van der Waals surface area contributed by atoms with Crippen LogP contribution in [-0.2, 0) is 9.53 Å². The molecule has 194 valence electrons. The molecule has 4 aromatic rings. The number of thiazole rings is 1. The Morgan fingerprint density at radius 2 is 1.87 bits per heavy atom. The summed E-state index contributed by atoms with van der Waals surface area (Å²) < 4.78 is 18.8. The first-order chi connectivity index (χ1) is 18.3. The smallest absolute Gasteiger partial charge is 0.338 e. The van der Waals surface area contributed by atoms with Crippen molar-refractivity contribution in [3.05, 3.63) is 108 Å². The summed E-state index contributed by atoms with van der Waals surface area (Å²) in [5.74, 6) is 1.26. The zero-order valence-corrected chi connectivity index (χ0v) is 22.8. The minimum Gasteiger partial charge on any atom is -0.497 e. The molecule has 0 amide bonds. The zero-order valence-electron chi connectivity index (χ0n) is 21.2. The monoisotopic (exact) mass is 548 g/mol. The minimum absolute atomic E-state index is 0.285. The van der Waals surface area contributed by atoms with E-state index in [-0.39, 0.29) is 11.7 Å². The third-order valence-electron chi connectivity index (χ3n) is 6.06. The van der Waals surface area contributed by atoms with Crippen molar-refractivity contribution in [2.75, 3.05) is 7.11 Å². The number of allylic oxidation sites excluding steroid dienone is 1. The number of carbonyl (C=O) groups excluding carboxylic acids is 1. The number of methoxy groups -OCH3 is 1. The van der Waals surface area contributed by atoms with Crippen molar-refractivity contribution >= 4 is 35.0 Å². The second-order valence-electron chi connectivity index (χ2n) is 8.99. The number of aromatic nitrogens is 1. The number of furan rings is 1. The average molecular weight is 549 g/mol. The molecule has 2 aromatic heterocycles. The van der Waals surface area contributed by atoms with Gasteiger partial charge in [0.1, 0.15) is 17.3 Å². The van der Waals surface area contributed by atoms with E-state index in [1.807, 2.05) is 36.4 Å². The van der Waals surface area contributed by atoms with Crippen LogP contribution in [0.15, 0.2) is 86.1 Å². The molecule has 0 saturated carbocycles. The van der Waals surface area contributed by atoms with Gasteiger partial charge in [-0.25, -0.2) is 9.79 Å². The number of carbonyl (C=O) groups is 1. The standard InChI is InChI=1S/C29H25ClN2O5S/c1-16(2)36-28(34)25-17(3)31-29-32(26(25)18-9-11-19(35-4)12-10-18)27(33)24(38-29)15-20-13-14-23(37-20)21-7-5-6-8-22(21)30/h5-16,26H,1-4H3/b24-15+/t26-/m1/s1. The number of benzene rings is 2. The Hall–Kier alpha value is -3.88. The van der Waals surface area contributed by atoms with Crippen LogP contribution in [0.5, 0.6) is 5.75 Å². The molecule has 0 spiro atoms. The Kier molecular flexibility index (Phi) is 7.10. The van der Waals surface area contributed by atoms with Gasteiger partial charge in [0.15, 0.2) is 4.80 Å². The van der Waals surface area contributed by atoms with E-state index in [1.54, 1.807) is 62.8 Å². The van der Waals surface area contributed by atoms with Crippen molar-refractivity contribution < 1.29 is 18.7 Å². The predicted molar refractivity (Wildman–Crippen MR) is 147 cm³/mol. The molecular weight excluding hydrogens is 524 g/mol. The summed E-state index contributed by atoms with van der Waals surface area (Å²) in [6.07, 6.45) is 1.36. The van der Waals surface area contributed by atoms with Crippen LogP contribution in [0.1, 0.15) is 38.1 Å². The Balaban J connectivity index is 1.64. The second-order valence-corrected chi connectivity index (χ2v) is 10.4. The second kappa shape index (κ2) is 10.5. The molecule has 0 saturated heterocycles. The summed E-state index contributed by atoms with van der Waals surface area (Å²) in [6, 6.07) is 17.6. The van der Waals surface area contributed by atoms with Gasteiger partial charge in [-0.15, -0.1) is 0 Å². The third kappa shape index (κ3) is 4.85. The lowest BCUT2D eigenvalue weighted by atomic mass is 9.96. The molecule has 0 radical (unpaired) electrons. The van der Waals surface area contributed by atoms with Gasteiger partial charge in [-0.2, -0.15) is 0 Å². The third-order valence-corrected chi connectivity index (χ3v) is 7.37. The van der Waals surface area contributed by atoms with E-state index in [0.717, 1.165) is 11.1 Å². The fraction of sp³-hybridized carbons (Fsp3) is 0.207. The van der Waals surface area contributed by atoms with Gasteiger partial charge in [-0.05, 0) is 62.7 Å². The first kappa shape index (κ1) is 25.8. The fourth-order valence-corrected chi connectivity index (χ4v) is 5.58. The number of hydrogen-bond acceptors (Lipinski definition) is 7. The minimum atomic E-state index is -0.708. The van der Waals surface area contributed by atoms with E-state index in [0.29, 0.717) is 42.9 Å². The van der Waals surface area contributed by atoms with E-state index in [4.69, 9.17) is 25.5 Å². The van der Waals surface area contributed by atoms with Gasteiger partial charge in [0, 0.05) is 11.6 Å². The van der Waals surface area contributed by atoms with Crippen LogP contribution in [-0.4, -0.2) is 23.8 Å². The van der Waals surface area contributed by atoms with Gasteiger partial charge in [0.2, 0.25) is 0 Å². The van der Waals surface area contributed by atoms with Crippen molar-refractivity contribution in [3.63, 3.8) is 0 Å². The Labute approximate surface area is 227 Å². The lowest BCUT2D eigenvalue weighted by Crippen LogP contribution is -2.40. The Morgan fingerprint density at radius 3 is 2.55 bits per heavy atom. The molecule has 1 aliphatic rings. The number of fused-ring (bicyclic) bond motifs is 1. The highest BCUT2D eigenvalue weighted by molar-refractivity contribution is 7.07. The number of ether oxygens (including phenoxy) is 2. The van der Waals surface area contributed by atoms with Gasteiger partial charge >= 0.3 is 5.97 Å². The maximum atomic E-state index is 13.8. The lowest BCUT2D eigenvalue weighted by Gasteiger charge is -2.25. The predicted octanol–water partition coefficient (Wildman–Crippen LogP) is 5.11. The summed E-state index contributed by atoms with van der Waals surface area (Å²) in [4.78, 5) is 32.1. The highest BCUT2D eigenvalue weighted by Gasteiger charge is 2.33. The number of nitrogens with zero attached hydrogens (tertiary/aromatic N) is 2. The van der Waals surface area contributed by atoms with E-state index >= 15 is 0 Å². The van der Waals surface area contributed by atoms with Gasteiger partial charge in [-0.3, -0.25) is 9.36 Å². The summed E-state index contributed by atoms with van der Waals surface area (Å²) in [6.45, 7) is 5.32. The van der Waals surface area contributed by atoms with E-state index in [9.17, 15) is 9.59 Å². The molecule has 0 bridgehead atoms. The van der Waals surface area contributed by atoms with Crippen LogP contribution < -0.4 is 19.6 Å². The first-order valence-corrected chi connectivity index (χ1v) is 13.2. The molecule has 1 aliphatic heterocycles. The molecule has 0 aliphatic carbocycles. The van der Waals surface area contributed by atoms with Crippen molar-refractivity contribution in [2.24, 2.45) is 4.99 Å². The van der Waals surface area contributed by atoms with Crippen molar-refractivity contribution in [2.45, 2.75) is 32.9 Å². The SMILES string of the molecule is COc1ccc([C@@H]2C(C(=O)OC(C)C)=C(C)N=c3s/c(=C/c4ccc(-c5ccccc5Cl)o4)c(=O)n32)cc1. The van der Waals surface area contributed by atoms with Gasteiger partial charge in [-0.1, -0.05) is 47.2 Å². The number of halogens is 1. The summed E-state index contributed by atoms with van der Waals surface area (Å²) in [5, 5.41) is 0.573. The Bertz CT molecular complexity index is 1730. The largest absolute Gasteiger partial charge is 0.497 e. The number of rotatable bonds is 6. The van der Waals surface area contributed by atoms with Gasteiger partial charge in [0.25, 0.3) is 5.56 Å². The Morgan fingerprint density at radius 1 is 1.13 bits per heavy atom. The number of esters is 1. The van der Waals surface area contributed by atoms with Crippen LogP contribution in [0.25, 0.3) is 17.4 Å². The summed E-state index contributed by atoms with van der Waals surface area (Å²) in [5.41, 5.74) is 2.04. The number of hydrogen-bond donors (Lipinski definition) is 0. The molecule has 0 fully saturated rings. The lowest BCUT2D eigenvalue weighted by molar-refractivity contribution is -0.143. The normalized spacial score (nSPS) is 15.4. The molecular formula is C29H25ClN2O5S. The molecule has 7 nitrogen and oxygen atoms in total. The van der Waals surface area contributed by atoms with Crippen LogP contribution >= 0.6 is 22.9 Å². The average Bonchev–Trinajstić information content (AvgIpc) is 3.47. The van der Waals surface area contributed by atoms with Crippen LogP contribution in [0, 0.1) is 0 Å². The van der Waals surface area contributed by atoms with Crippen LogP contribution in [0.3, 0.4) is 0 Å². The first-order valence-electron chi connectivity index (χ1n) is 12.0. The topological polar surface area (TPSA) is 83.0 Å². The molecule has 38 heavy (non-hydrogen) atoms. The highest BCUT2D eigenvalue weighted by atomic mass is 35.5. The van der Waals surface area contributed by atoms with Crippen molar-refractivity contribution in [1.29, 1.82) is 0 Å². The molecule has 2 aromatic carbocycles. The highest BCUT2D eigenvalue weighted by Crippen LogP contribution is 2.32. The van der Waals surface area contributed by atoms with Crippen molar-refractivity contribution in [1.82, 2.24) is 4.57 Å². The van der Waals surface area contributed by atoms with Gasteiger partial charge in [0.05, 0.1) is 40.1 Å². The van der Waals surface area contributed by atoms with Crippen molar-refractivity contribution in [3.8, 4) is 17.1 Å². The quantitative estimate of drug-likeness (QED) is 0.313. The molecule has 0 unspecified atom stereocenters. The molecule has 9 heteroatoms. The van der Waals surface area contributed by atoms with Crippen LogP contribution in [0.4, 0.5) is 0 Å². The molecule has 0 N–H and O–H groups in total. The maximum Gasteiger partial charge on any atom is 0.338 e. The molecule has 5 rings (SSSR count). The van der Waals surface area contributed by atoms with Gasteiger partial charge < -0.3 is 13.9 Å². The summed E-state index contributed by atoms with van der Waals surface area (Å²) in [7, 11) is 1.58. The van der Waals surface area contributed by atoms with E-state index in [1.165, 1.54) is 11.3 Å². The zero-order chi connectivity index (χ0) is 27.0. The van der Waals surface area contributed by atoms with Crippen LogP contribution in [0.2, 0.25) is 5.02 Å². The van der Waals surface area contributed by atoms with E-state index in [2.05, 4.69) is 4.99 Å². The fourth-order valence-electron chi connectivity index (χ4n) is 4.33. The molecule has 3 heterocycles. The summed E-state index contributed by atoms with van der Waals surface area (Å²) >= 11 is 7.55. The maximum absolute atomic E-state index is 13.8. The molecule has 1 atom stereocenters. The van der Waals surface area contributed by atoms with E-state index < -0.39 is 12.0 Å².